The summed E-state index contributed by atoms with van der Waals surface area (Å²) in [7, 11) is 0. The number of rotatable bonds is 7. The molecule has 0 spiro atoms. The molecule has 1 aromatic heterocycles. The average molecular weight is 339 g/mol. The first-order valence-electron chi connectivity index (χ1n) is 8.08. The Balaban J connectivity index is 1.55. The first-order chi connectivity index (χ1) is 11.8. The van der Waals surface area contributed by atoms with E-state index in [4.69, 9.17) is 0 Å². The largest absolute Gasteiger partial charge is 0.355 e. The van der Waals surface area contributed by atoms with Crippen LogP contribution in [-0.2, 0) is 17.8 Å². The van der Waals surface area contributed by atoms with Gasteiger partial charge in [0.25, 0.3) is 0 Å². The van der Waals surface area contributed by atoms with Crippen LogP contribution in [-0.4, -0.2) is 28.3 Å². The molecule has 0 bridgehead atoms. The fraction of sp³-hybridized carbons (Fsp3) is 0.263. The van der Waals surface area contributed by atoms with Gasteiger partial charge in [0.2, 0.25) is 5.91 Å². The standard InChI is InChI=1S/C19H21N3OS/c1-24-19-21-16-11-5-6-12-17(16)22(19)14-18(23)20-13-7-10-15-8-3-2-4-9-15/h2-6,8-9,11-12H,7,10,13-14H2,1H3,(H,20,23). The molecular formula is C19H21N3OS. The third kappa shape index (κ3) is 3.97. The summed E-state index contributed by atoms with van der Waals surface area (Å²) in [6.45, 7) is 0.997. The minimum atomic E-state index is 0.0292. The van der Waals surface area contributed by atoms with Gasteiger partial charge in [-0.05, 0) is 36.8 Å². The lowest BCUT2D eigenvalue weighted by molar-refractivity contribution is -0.121. The normalized spacial score (nSPS) is 10.9. The third-order valence-electron chi connectivity index (χ3n) is 3.91. The smallest absolute Gasteiger partial charge is 0.240 e. The van der Waals surface area contributed by atoms with Crippen LogP contribution in [0.3, 0.4) is 0 Å². The SMILES string of the molecule is CSc1nc2ccccc2n1CC(=O)NCCCc1ccccc1. The first kappa shape index (κ1) is 16.6. The van der Waals surface area contributed by atoms with Gasteiger partial charge in [-0.1, -0.05) is 54.2 Å². The molecule has 5 heteroatoms. The van der Waals surface area contributed by atoms with Crippen LogP contribution >= 0.6 is 11.8 Å². The Bertz CT molecular complexity index is 814. The van der Waals surface area contributed by atoms with Gasteiger partial charge in [-0.15, -0.1) is 0 Å². The Kier molecular flexibility index (Phi) is 5.54. The number of carbonyl (C=O) groups excluding carboxylic acids is 1. The van der Waals surface area contributed by atoms with Crippen molar-refractivity contribution in [3.63, 3.8) is 0 Å². The van der Waals surface area contributed by atoms with Crippen molar-refractivity contribution >= 4 is 28.7 Å². The molecule has 1 amide bonds. The molecule has 0 aliphatic carbocycles. The molecule has 24 heavy (non-hydrogen) atoms. The topological polar surface area (TPSA) is 46.9 Å². The van der Waals surface area contributed by atoms with Gasteiger partial charge in [-0.2, -0.15) is 0 Å². The summed E-state index contributed by atoms with van der Waals surface area (Å²) in [5, 5.41) is 3.88. The van der Waals surface area contributed by atoms with Crippen LogP contribution in [0.2, 0.25) is 0 Å². The van der Waals surface area contributed by atoms with Crippen LogP contribution in [0.15, 0.2) is 59.8 Å². The summed E-state index contributed by atoms with van der Waals surface area (Å²) in [6, 6.07) is 18.3. The molecular weight excluding hydrogens is 318 g/mol. The van der Waals surface area contributed by atoms with E-state index in [2.05, 4.69) is 22.4 Å². The quantitative estimate of drug-likeness (QED) is 0.529. The van der Waals surface area contributed by atoms with E-state index in [9.17, 15) is 4.79 Å². The van der Waals surface area contributed by atoms with Crippen molar-refractivity contribution in [3.8, 4) is 0 Å². The minimum Gasteiger partial charge on any atom is -0.355 e. The highest BCUT2D eigenvalue weighted by Gasteiger charge is 2.12. The van der Waals surface area contributed by atoms with E-state index in [1.54, 1.807) is 11.8 Å². The summed E-state index contributed by atoms with van der Waals surface area (Å²) >= 11 is 1.56. The zero-order valence-corrected chi connectivity index (χ0v) is 14.6. The number of benzene rings is 2. The van der Waals surface area contributed by atoms with Crippen LogP contribution in [0.4, 0.5) is 0 Å². The summed E-state index contributed by atoms with van der Waals surface area (Å²) in [5.41, 5.74) is 3.23. The molecule has 0 aliphatic rings. The van der Waals surface area contributed by atoms with E-state index < -0.39 is 0 Å². The second-order valence-corrected chi connectivity index (χ2v) is 6.39. The van der Waals surface area contributed by atoms with E-state index in [-0.39, 0.29) is 5.91 Å². The molecule has 0 atom stereocenters. The fourth-order valence-corrected chi connectivity index (χ4v) is 3.30. The molecule has 0 aliphatic heterocycles. The molecule has 0 saturated carbocycles. The zero-order chi connectivity index (χ0) is 16.8. The third-order valence-corrected chi connectivity index (χ3v) is 4.59. The Hall–Kier alpha value is -2.27. The number of aryl methyl sites for hydroxylation is 1. The summed E-state index contributed by atoms with van der Waals surface area (Å²) in [6.07, 6.45) is 3.90. The van der Waals surface area contributed by atoms with E-state index >= 15 is 0 Å². The highest BCUT2D eigenvalue weighted by atomic mass is 32.2. The number of nitrogens with zero attached hydrogens (tertiary/aromatic N) is 2. The van der Waals surface area contributed by atoms with Gasteiger partial charge in [0.15, 0.2) is 5.16 Å². The van der Waals surface area contributed by atoms with Crippen LogP contribution < -0.4 is 5.32 Å². The van der Waals surface area contributed by atoms with E-state index in [1.807, 2.05) is 53.3 Å². The molecule has 0 radical (unpaired) electrons. The number of carbonyl (C=O) groups is 1. The van der Waals surface area contributed by atoms with Crippen molar-refractivity contribution in [1.82, 2.24) is 14.9 Å². The van der Waals surface area contributed by atoms with Crippen LogP contribution in [0.5, 0.6) is 0 Å². The van der Waals surface area contributed by atoms with Crippen LogP contribution in [0, 0.1) is 0 Å². The first-order valence-corrected chi connectivity index (χ1v) is 9.30. The number of imidazole rings is 1. The molecule has 1 heterocycles. The predicted octanol–water partition coefficient (Wildman–Crippen LogP) is 3.51. The van der Waals surface area contributed by atoms with Gasteiger partial charge in [0, 0.05) is 6.54 Å². The lowest BCUT2D eigenvalue weighted by Crippen LogP contribution is -2.28. The molecule has 3 aromatic rings. The number of nitrogens with one attached hydrogen (secondary N) is 1. The number of thioether (sulfide) groups is 1. The van der Waals surface area contributed by atoms with E-state index in [0.29, 0.717) is 13.1 Å². The molecule has 0 fully saturated rings. The molecule has 124 valence electrons. The maximum atomic E-state index is 12.3. The lowest BCUT2D eigenvalue weighted by atomic mass is 10.1. The number of hydrogen-bond donors (Lipinski definition) is 1. The van der Waals surface area contributed by atoms with Gasteiger partial charge in [0.1, 0.15) is 6.54 Å². The molecule has 0 saturated heterocycles. The second-order valence-electron chi connectivity index (χ2n) is 5.61. The van der Waals surface area contributed by atoms with Gasteiger partial charge >= 0.3 is 0 Å². The average Bonchev–Trinajstić information content (AvgIpc) is 2.97. The van der Waals surface area contributed by atoms with E-state index in [0.717, 1.165) is 29.0 Å². The van der Waals surface area contributed by atoms with Crippen molar-refractivity contribution in [2.24, 2.45) is 0 Å². The predicted molar refractivity (Wildman–Crippen MR) is 99.3 cm³/mol. The Morgan fingerprint density at radius 3 is 2.67 bits per heavy atom. The highest BCUT2D eigenvalue weighted by Crippen LogP contribution is 2.21. The van der Waals surface area contributed by atoms with Crippen molar-refractivity contribution < 1.29 is 4.79 Å². The number of fused-ring (bicyclic) bond motifs is 1. The van der Waals surface area contributed by atoms with Crippen molar-refractivity contribution in [3.05, 3.63) is 60.2 Å². The maximum Gasteiger partial charge on any atom is 0.240 e. The maximum absolute atomic E-state index is 12.3. The van der Waals surface area contributed by atoms with Crippen molar-refractivity contribution in [2.45, 2.75) is 24.5 Å². The lowest BCUT2D eigenvalue weighted by Gasteiger charge is -2.09. The summed E-state index contributed by atoms with van der Waals surface area (Å²) in [4.78, 5) is 16.8. The molecule has 1 N–H and O–H groups in total. The molecule has 4 nitrogen and oxygen atoms in total. The van der Waals surface area contributed by atoms with Gasteiger partial charge < -0.3 is 9.88 Å². The Morgan fingerprint density at radius 2 is 1.88 bits per heavy atom. The Labute approximate surface area is 146 Å². The number of aromatic nitrogens is 2. The van der Waals surface area contributed by atoms with E-state index in [1.165, 1.54) is 5.56 Å². The monoisotopic (exact) mass is 339 g/mol. The zero-order valence-electron chi connectivity index (χ0n) is 13.7. The second kappa shape index (κ2) is 8.02. The number of hydrogen-bond acceptors (Lipinski definition) is 3. The summed E-state index contributed by atoms with van der Waals surface area (Å²) < 4.78 is 1.98. The minimum absolute atomic E-state index is 0.0292. The molecule has 2 aromatic carbocycles. The van der Waals surface area contributed by atoms with Crippen LogP contribution in [0.25, 0.3) is 11.0 Å². The van der Waals surface area contributed by atoms with Gasteiger partial charge in [-0.3, -0.25) is 4.79 Å². The Morgan fingerprint density at radius 1 is 1.12 bits per heavy atom. The van der Waals surface area contributed by atoms with Gasteiger partial charge in [0.05, 0.1) is 11.0 Å². The van der Waals surface area contributed by atoms with Gasteiger partial charge in [-0.25, -0.2) is 4.98 Å². The summed E-state index contributed by atoms with van der Waals surface area (Å²) in [5.74, 6) is 0.0292. The molecule has 0 unspecified atom stereocenters. The number of para-hydroxylation sites is 2. The highest BCUT2D eigenvalue weighted by molar-refractivity contribution is 7.98. The van der Waals surface area contributed by atoms with Crippen molar-refractivity contribution in [1.29, 1.82) is 0 Å². The molecule has 3 rings (SSSR count). The number of amides is 1. The fourth-order valence-electron chi connectivity index (χ4n) is 2.73. The van der Waals surface area contributed by atoms with Crippen molar-refractivity contribution in [2.75, 3.05) is 12.8 Å². The van der Waals surface area contributed by atoms with Crippen LogP contribution in [0.1, 0.15) is 12.0 Å².